The lowest BCUT2D eigenvalue weighted by Gasteiger charge is -2.54. The summed E-state index contributed by atoms with van der Waals surface area (Å²) in [7, 11) is 0. The topological polar surface area (TPSA) is 139 Å². The molecule has 9 heteroatoms. The highest BCUT2D eigenvalue weighted by Gasteiger charge is 2.55. The molecule has 0 bridgehead atoms. The summed E-state index contributed by atoms with van der Waals surface area (Å²) < 4.78 is 0. The van der Waals surface area contributed by atoms with E-state index in [4.69, 9.17) is 11.5 Å². The summed E-state index contributed by atoms with van der Waals surface area (Å²) in [6, 6.07) is -0.783. The van der Waals surface area contributed by atoms with Gasteiger partial charge < -0.3 is 16.4 Å². The Balaban J connectivity index is 1.93. The Morgan fingerprint density at radius 2 is 1.87 bits per heavy atom. The van der Waals surface area contributed by atoms with Crippen LogP contribution in [0.1, 0.15) is 32.6 Å². The van der Waals surface area contributed by atoms with Gasteiger partial charge >= 0.3 is 0 Å². The summed E-state index contributed by atoms with van der Waals surface area (Å²) in [6.45, 7) is 3.06. The first-order valence-electron chi connectivity index (χ1n) is 7.66. The number of amides is 4. The van der Waals surface area contributed by atoms with Gasteiger partial charge in [-0.3, -0.25) is 24.6 Å². The predicted octanol–water partition coefficient (Wildman–Crippen LogP) is -1.92. The van der Waals surface area contributed by atoms with Crippen LogP contribution in [0.25, 0.3) is 0 Å². The molecular formula is C14H23N5O4. The van der Waals surface area contributed by atoms with Gasteiger partial charge in [-0.15, -0.1) is 0 Å². The number of hydrogen-bond donors (Lipinski definition) is 3. The molecule has 2 aliphatic heterocycles. The Kier molecular flexibility index (Phi) is 4.88. The highest BCUT2D eigenvalue weighted by molar-refractivity contribution is 5.94. The molecule has 0 unspecified atom stereocenters. The zero-order chi connectivity index (χ0) is 17.2. The maximum Gasteiger partial charge on any atom is 0.240 e. The predicted molar refractivity (Wildman–Crippen MR) is 80.2 cm³/mol. The highest BCUT2D eigenvalue weighted by Crippen LogP contribution is 2.42. The first-order chi connectivity index (χ1) is 10.7. The third-order valence-corrected chi connectivity index (χ3v) is 4.59. The number of carbonyl (C=O) groups is 4. The smallest absolute Gasteiger partial charge is 0.240 e. The number of hydrogen-bond acceptors (Lipinski definition) is 5. The van der Waals surface area contributed by atoms with E-state index in [1.54, 1.807) is 5.01 Å². The molecule has 0 aromatic rings. The van der Waals surface area contributed by atoms with Crippen LogP contribution >= 0.6 is 0 Å². The Labute approximate surface area is 134 Å². The molecule has 0 aromatic heterocycles. The molecule has 2 aliphatic rings. The zero-order valence-electron chi connectivity index (χ0n) is 13.2. The van der Waals surface area contributed by atoms with Crippen molar-refractivity contribution in [1.29, 1.82) is 0 Å². The summed E-state index contributed by atoms with van der Waals surface area (Å²) in [5.74, 6) is -1.39. The highest BCUT2D eigenvalue weighted by atomic mass is 16.2. The monoisotopic (exact) mass is 325 g/mol. The molecule has 128 valence electrons. The van der Waals surface area contributed by atoms with E-state index in [9.17, 15) is 19.2 Å². The molecule has 1 spiro atoms. The SMILES string of the molecule is CC(=O)NN1CCC2(CC1)CN([C@@H](CCC(N)=O)C(N)=O)C2=O. The quantitative estimate of drug-likeness (QED) is 0.489. The van der Waals surface area contributed by atoms with Crippen LogP contribution in [0.2, 0.25) is 0 Å². The number of likely N-dealkylation sites (tertiary alicyclic amines) is 1. The van der Waals surface area contributed by atoms with Crippen LogP contribution in [0.4, 0.5) is 0 Å². The first-order valence-corrected chi connectivity index (χ1v) is 7.66. The molecule has 0 saturated carbocycles. The second-order valence-electron chi connectivity index (χ2n) is 6.29. The van der Waals surface area contributed by atoms with E-state index in [0.717, 1.165) is 0 Å². The molecule has 9 nitrogen and oxygen atoms in total. The van der Waals surface area contributed by atoms with Crippen LogP contribution in [0.5, 0.6) is 0 Å². The average Bonchev–Trinajstić information content (AvgIpc) is 2.46. The van der Waals surface area contributed by atoms with Gasteiger partial charge in [-0.05, 0) is 19.3 Å². The van der Waals surface area contributed by atoms with Gasteiger partial charge in [-0.1, -0.05) is 0 Å². The van der Waals surface area contributed by atoms with E-state index < -0.39 is 23.3 Å². The van der Waals surface area contributed by atoms with Gasteiger partial charge in [-0.2, -0.15) is 0 Å². The number of nitrogens with two attached hydrogens (primary N) is 2. The van der Waals surface area contributed by atoms with Crippen LogP contribution in [0.3, 0.4) is 0 Å². The Hall–Kier alpha value is -2.16. The van der Waals surface area contributed by atoms with E-state index >= 15 is 0 Å². The van der Waals surface area contributed by atoms with Gasteiger partial charge in [0.2, 0.25) is 23.6 Å². The molecule has 1 atom stereocenters. The van der Waals surface area contributed by atoms with Crippen molar-refractivity contribution in [2.75, 3.05) is 19.6 Å². The van der Waals surface area contributed by atoms with E-state index in [1.165, 1.54) is 11.8 Å². The molecule has 0 aromatic carbocycles. The van der Waals surface area contributed by atoms with Gasteiger partial charge in [0.25, 0.3) is 0 Å². The van der Waals surface area contributed by atoms with Gasteiger partial charge in [0.05, 0.1) is 5.41 Å². The largest absolute Gasteiger partial charge is 0.370 e. The van der Waals surface area contributed by atoms with Crippen molar-refractivity contribution in [2.45, 2.75) is 38.6 Å². The molecule has 0 aliphatic carbocycles. The molecule has 2 rings (SSSR count). The minimum atomic E-state index is -0.783. The molecule has 2 fully saturated rings. The van der Waals surface area contributed by atoms with Crippen molar-refractivity contribution in [3.8, 4) is 0 Å². The molecular weight excluding hydrogens is 302 g/mol. The van der Waals surface area contributed by atoms with Gasteiger partial charge in [-0.25, -0.2) is 5.01 Å². The van der Waals surface area contributed by atoms with Crippen LogP contribution in [0, 0.1) is 5.41 Å². The van der Waals surface area contributed by atoms with Crippen molar-refractivity contribution in [2.24, 2.45) is 16.9 Å². The summed E-state index contributed by atoms with van der Waals surface area (Å²) in [4.78, 5) is 47.5. The summed E-state index contributed by atoms with van der Waals surface area (Å²) in [6.07, 6.45) is 1.40. The average molecular weight is 325 g/mol. The second kappa shape index (κ2) is 6.53. The number of carbonyl (C=O) groups excluding carboxylic acids is 4. The van der Waals surface area contributed by atoms with Crippen LogP contribution in [0.15, 0.2) is 0 Å². The van der Waals surface area contributed by atoms with E-state index in [-0.39, 0.29) is 24.7 Å². The van der Waals surface area contributed by atoms with Crippen molar-refractivity contribution in [1.82, 2.24) is 15.3 Å². The zero-order valence-corrected chi connectivity index (χ0v) is 13.2. The molecule has 2 heterocycles. The van der Waals surface area contributed by atoms with Crippen molar-refractivity contribution >= 4 is 23.6 Å². The Morgan fingerprint density at radius 1 is 1.26 bits per heavy atom. The summed E-state index contributed by atoms with van der Waals surface area (Å²) in [5.41, 5.74) is 12.7. The van der Waals surface area contributed by atoms with Crippen molar-refractivity contribution in [3.05, 3.63) is 0 Å². The maximum atomic E-state index is 12.6. The standard InChI is InChI=1S/C14H23N5O4/c1-9(20)17-18-6-4-14(5-7-18)8-19(13(14)23)10(12(16)22)2-3-11(15)21/h10H,2-8H2,1H3,(H2,15,21)(H2,16,22)(H,17,20)/t10-/m0/s1. The lowest BCUT2D eigenvalue weighted by Crippen LogP contribution is -2.69. The Morgan fingerprint density at radius 3 is 2.30 bits per heavy atom. The second-order valence-corrected chi connectivity index (χ2v) is 6.29. The number of piperidine rings is 1. The number of nitrogens with one attached hydrogen (secondary N) is 1. The number of rotatable bonds is 6. The van der Waals surface area contributed by atoms with Crippen LogP contribution in [-0.4, -0.2) is 59.2 Å². The van der Waals surface area contributed by atoms with E-state index in [0.29, 0.717) is 32.5 Å². The van der Waals surface area contributed by atoms with E-state index in [1.807, 2.05) is 0 Å². The van der Waals surface area contributed by atoms with Crippen molar-refractivity contribution in [3.63, 3.8) is 0 Å². The number of hydrazine groups is 1. The number of β-lactam (4-membered cyclic amide) rings is 1. The minimum absolute atomic E-state index is 0.0146. The maximum absolute atomic E-state index is 12.6. The van der Waals surface area contributed by atoms with Gasteiger partial charge in [0.1, 0.15) is 6.04 Å². The number of primary amides is 2. The molecule has 5 N–H and O–H groups in total. The normalized spacial score (nSPS) is 21.6. The molecule has 23 heavy (non-hydrogen) atoms. The lowest BCUT2D eigenvalue weighted by molar-refractivity contribution is -0.173. The molecule has 4 amide bonds. The fraction of sp³-hybridized carbons (Fsp3) is 0.714. The summed E-state index contributed by atoms with van der Waals surface area (Å²) in [5, 5.41) is 1.79. The molecule has 0 radical (unpaired) electrons. The molecule has 2 saturated heterocycles. The van der Waals surface area contributed by atoms with Gasteiger partial charge in [0, 0.05) is 33.0 Å². The lowest BCUT2D eigenvalue weighted by atomic mass is 9.70. The minimum Gasteiger partial charge on any atom is -0.370 e. The van der Waals surface area contributed by atoms with Crippen LogP contribution < -0.4 is 16.9 Å². The first kappa shape index (κ1) is 17.2. The van der Waals surface area contributed by atoms with Crippen LogP contribution in [-0.2, 0) is 19.2 Å². The third-order valence-electron chi connectivity index (χ3n) is 4.59. The fourth-order valence-corrected chi connectivity index (χ4v) is 3.30. The fourth-order valence-electron chi connectivity index (χ4n) is 3.30. The van der Waals surface area contributed by atoms with Gasteiger partial charge in [0.15, 0.2) is 0 Å². The third kappa shape index (κ3) is 3.61. The Bertz CT molecular complexity index is 527. The van der Waals surface area contributed by atoms with Crippen molar-refractivity contribution < 1.29 is 19.2 Å². The van der Waals surface area contributed by atoms with E-state index in [2.05, 4.69) is 5.43 Å². The number of nitrogens with zero attached hydrogens (tertiary/aromatic N) is 2. The summed E-state index contributed by atoms with van der Waals surface area (Å²) >= 11 is 0.